The van der Waals surface area contributed by atoms with E-state index < -0.39 is 46.6 Å². The summed E-state index contributed by atoms with van der Waals surface area (Å²) in [7, 11) is 2.74. The molecule has 0 aromatic heterocycles. The second-order valence-electron chi connectivity index (χ2n) is 5.76. The molecule has 1 unspecified atom stereocenters. The molecule has 2 rings (SSSR count). The predicted molar refractivity (Wildman–Crippen MR) is 84.5 cm³/mol. The number of hydrogen-bond donors (Lipinski definition) is 0. The van der Waals surface area contributed by atoms with E-state index in [2.05, 4.69) is 0 Å². The van der Waals surface area contributed by atoms with Crippen LogP contribution in [0.15, 0.2) is 24.3 Å². The van der Waals surface area contributed by atoms with Gasteiger partial charge in [0.1, 0.15) is 11.3 Å². The fourth-order valence-corrected chi connectivity index (χ4v) is 2.41. The molecule has 0 N–H and O–H groups in total. The highest BCUT2D eigenvalue weighted by atomic mass is 19.2. The summed E-state index contributed by atoms with van der Waals surface area (Å²) in [5.41, 5.74) is -0.666. The Hall–Kier alpha value is -2.64. The Kier molecular flexibility index (Phi) is 5.84. The summed E-state index contributed by atoms with van der Waals surface area (Å²) < 4.78 is 72.3. The molecular formula is C18H16F5NO2. The van der Waals surface area contributed by atoms with Crippen molar-refractivity contribution in [2.75, 3.05) is 14.2 Å². The monoisotopic (exact) mass is 373 g/mol. The van der Waals surface area contributed by atoms with Gasteiger partial charge in [-0.1, -0.05) is 12.1 Å². The van der Waals surface area contributed by atoms with Crippen molar-refractivity contribution in [2.24, 2.45) is 0 Å². The summed E-state index contributed by atoms with van der Waals surface area (Å²) in [5.74, 6) is -11.5. The van der Waals surface area contributed by atoms with Crippen molar-refractivity contribution in [3.63, 3.8) is 0 Å². The first-order valence-corrected chi connectivity index (χ1v) is 7.60. The summed E-state index contributed by atoms with van der Waals surface area (Å²) in [6, 6.07) is 6.32. The van der Waals surface area contributed by atoms with Gasteiger partial charge >= 0.3 is 0 Å². The van der Waals surface area contributed by atoms with Gasteiger partial charge in [-0.25, -0.2) is 22.0 Å². The first kappa shape index (κ1) is 19.7. The number of halogens is 5. The number of carbonyl (C=O) groups excluding carboxylic acids is 1. The molecule has 140 valence electrons. The van der Waals surface area contributed by atoms with Gasteiger partial charge in [-0.2, -0.15) is 0 Å². The molecule has 1 amide bonds. The molecule has 0 bridgehead atoms. The summed E-state index contributed by atoms with van der Waals surface area (Å²) in [4.78, 5) is 13.2. The Morgan fingerprint density at radius 1 is 0.962 bits per heavy atom. The average molecular weight is 373 g/mol. The summed E-state index contributed by atoms with van der Waals surface area (Å²) in [6.07, 6.45) is 0.307. The molecule has 0 saturated carbocycles. The SMILES string of the molecule is COc1ccc(CC(C)N(C)C(=O)c2c(F)c(F)c(F)c(F)c2F)cc1. The molecule has 0 spiro atoms. The van der Waals surface area contributed by atoms with Gasteiger partial charge in [0, 0.05) is 13.1 Å². The van der Waals surface area contributed by atoms with E-state index in [0.717, 1.165) is 10.5 Å². The zero-order valence-electron chi connectivity index (χ0n) is 14.2. The van der Waals surface area contributed by atoms with Gasteiger partial charge in [-0.15, -0.1) is 0 Å². The zero-order chi connectivity index (χ0) is 19.6. The highest BCUT2D eigenvalue weighted by Gasteiger charge is 2.32. The van der Waals surface area contributed by atoms with Crippen LogP contribution in [0.2, 0.25) is 0 Å². The van der Waals surface area contributed by atoms with Crippen LogP contribution in [0.1, 0.15) is 22.8 Å². The normalized spacial score (nSPS) is 12.0. The van der Waals surface area contributed by atoms with E-state index in [1.54, 1.807) is 31.2 Å². The van der Waals surface area contributed by atoms with Crippen molar-refractivity contribution in [3.8, 4) is 5.75 Å². The molecule has 0 aliphatic heterocycles. The summed E-state index contributed by atoms with van der Waals surface area (Å²) in [6.45, 7) is 1.59. The molecule has 0 aliphatic carbocycles. The largest absolute Gasteiger partial charge is 0.497 e. The molecule has 1 atom stereocenters. The van der Waals surface area contributed by atoms with Gasteiger partial charge < -0.3 is 9.64 Å². The Bertz CT molecular complexity index is 794. The topological polar surface area (TPSA) is 29.5 Å². The second-order valence-corrected chi connectivity index (χ2v) is 5.76. The number of rotatable bonds is 5. The van der Waals surface area contributed by atoms with Crippen molar-refractivity contribution in [2.45, 2.75) is 19.4 Å². The second kappa shape index (κ2) is 7.72. The molecule has 3 nitrogen and oxygen atoms in total. The Balaban J connectivity index is 2.26. The zero-order valence-corrected chi connectivity index (χ0v) is 14.2. The third-order valence-corrected chi connectivity index (χ3v) is 4.10. The van der Waals surface area contributed by atoms with E-state index in [-0.39, 0.29) is 0 Å². The van der Waals surface area contributed by atoms with Crippen LogP contribution in [-0.4, -0.2) is 31.0 Å². The third kappa shape index (κ3) is 3.63. The minimum Gasteiger partial charge on any atom is -0.497 e. The van der Waals surface area contributed by atoms with E-state index in [4.69, 9.17) is 4.74 Å². The number of amides is 1. The van der Waals surface area contributed by atoms with Gasteiger partial charge in [0.15, 0.2) is 23.3 Å². The van der Waals surface area contributed by atoms with Gasteiger partial charge in [-0.05, 0) is 31.0 Å². The standard InChI is InChI=1S/C18H16F5NO2/c1-9(8-10-4-6-11(26-3)7-5-10)24(2)18(25)12-13(19)15(21)17(23)16(22)14(12)20/h4-7,9H,8H2,1-3H3. The van der Waals surface area contributed by atoms with Crippen molar-refractivity contribution in [3.05, 3.63) is 64.5 Å². The summed E-state index contributed by atoms with van der Waals surface area (Å²) in [5, 5.41) is 0. The third-order valence-electron chi connectivity index (χ3n) is 4.10. The Morgan fingerprint density at radius 2 is 1.42 bits per heavy atom. The molecule has 0 radical (unpaired) electrons. The number of methoxy groups -OCH3 is 1. The van der Waals surface area contributed by atoms with Crippen molar-refractivity contribution in [1.29, 1.82) is 0 Å². The fraction of sp³-hybridized carbons (Fsp3) is 0.278. The van der Waals surface area contributed by atoms with Crippen molar-refractivity contribution in [1.82, 2.24) is 4.90 Å². The van der Waals surface area contributed by atoms with Crippen LogP contribution in [0.3, 0.4) is 0 Å². The molecular weight excluding hydrogens is 357 g/mol. The molecule has 2 aromatic carbocycles. The van der Waals surface area contributed by atoms with Crippen LogP contribution in [0.4, 0.5) is 22.0 Å². The van der Waals surface area contributed by atoms with Crippen LogP contribution in [0.25, 0.3) is 0 Å². The average Bonchev–Trinajstić information content (AvgIpc) is 2.64. The molecule has 26 heavy (non-hydrogen) atoms. The van der Waals surface area contributed by atoms with E-state index in [1.807, 2.05) is 0 Å². The van der Waals surface area contributed by atoms with E-state index in [0.29, 0.717) is 12.2 Å². The maximum Gasteiger partial charge on any atom is 0.260 e. The molecule has 8 heteroatoms. The quantitative estimate of drug-likeness (QED) is 0.449. The lowest BCUT2D eigenvalue weighted by molar-refractivity contribution is 0.0730. The van der Waals surface area contributed by atoms with E-state index in [9.17, 15) is 26.7 Å². The number of ether oxygens (including phenoxy) is 1. The summed E-state index contributed by atoms with van der Waals surface area (Å²) >= 11 is 0. The number of nitrogens with zero attached hydrogens (tertiary/aromatic N) is 1. The number of carbonyl (C=O) groups is 1. The van der Waals surface area contributed by atoms with Crippen molar-refractivity contribution >= 4 is 5.91 Å². The highest BCUT2D eigenvalue weighted by Crippen LogP contribution is 2.25. The highest BCUT2D eigenvalue weighted by molar-refractivity contribution is 5.95. The van der Waals surface area contributed by atoms with E-state index in [1.165, 1.54) is 14.2 Å². The number of likely N-dealkylation sites (N-methyl/N-ethyl adjacent to an activating group) is 1. The lowest BCUT2D eigenvalue weighted by Crippen LogP contribution is -2.38. The Morgan fingerprint density at radius 3 is 1.88 bits per heavy atom. The number of benzene rings is 2. The van der Waals surface area contributed by atoms with Crippen LogP contribution in [0.5, 0.6) is 5.75 Å². The van der Waals surface area contributed by atoms with Gasteiger partial charge in [0.25, 0.3) is 5.91 Å². The maximum absolute atomic E-state index is 13.8. The smallest absolute Gasteiger partial charge is 0.260 e. The maximum atomic E-state index is 13.8. The van der Waals surface area contributed by atoms with Gasteiger partial charge in [-0.3, -0.25) is 4.79 Å². The first-order chi connectivity index (χ1) is 12.2. The number of hydrogen-bond acceptors (Lipinski definition) is 2. The molecule has 0 aliphatic rings. The molecule has 0 heterocycles. The minimum absolute atomic E-state index is 0.307. The van der Waals surface area contributed by atoms with Crippen LogP contribution in [-0.2, 0) is 6.42 Å². The van der Waals surface area contributed by atoms with Crippen LogP contribution in [0, 0.1) is 29.1 Å². The minimum atomic E-state index is -2.30. The molecule has 0 fully saturated rings. The lowest BCUT2D eigenvalue weighted by atomic mass is 10.0. The predicted octanol–water partition coefficient (Wildman–Crippen LogP) is 4.09. The first-order valence-electron chi connectivity index (χ1n) is 7.60. The Labute approximate surface area is 147 Å². The van der Waals surface area contributed by atoms with E-state index >= 15 is 0 Å². The van der Waals surface area contributed by atoms with Gasteiger partial charge in [0.05, 0.1) is 7.11 Å². The van der Waals surface area contributed by atoms with Crippen molar-refractivity contribution < 1.29 is 31.5 Å². The van der Waals surface area contributed by atoms with Crippen LogP contribution >= 0.6 is 0 Å². The molecule has 0 saturated heterocycles. The van der Waals surface area contributed by atoms with Crippen LogP contribution < -0.4 is 4.74 Å². The fourth-order valence-electron chi connectivity index (χ4n) is 2.41. The molecule has 2 aromatic rings. The lowest BCUT2D eigenvalue weighted by Gasteiger charge is -2.25. The van der Waals surface area contributed by atoms with Gasteiger partial charge in [0.2, 0.25) is 5.82 Å².